The molecule has 138 valence electrons. The number of fused-ring (bicyclic) bond motifs is 1. The summed E-state index contributed by atoms with van der Waals surface area (Å²) >= 11 is 0. The molecule has 1 N–H and O–H groups in total. The van der Waals surface area contributed by atoms with Gasteiger partial charge in [-0.05, 0) is 25.0 Å². The van der Waals surface area contributed by atoms with Crippen LogP contribution < -0.4 is 5.32 Å². The SMILES string of the molecule is CC.CC.CC.CC(=O)c1ccc2c(c1)C13CC1(C)CNC3=CC2=O. The third-order valence-corrected chi connectivity index (χ3v) is 5.12. The van der Waals surface area contributed by atoms with Gasteiger partial charge in [0.05, 0.1) is 0 Å². The van der Waals surface area contributed by atoms with Crippen molar-refractivity contribution in [3.63, 3.8) is 0 Å². The van der Waals surface area contributed by atoms with Crippen molar-refractivity contribution in [1.82, 2.24) is 5.32 Å². The molecule has 3 heteroatoms. The van der Waals surface area contributed by atoms with Gasteiger partial charge in [0.2, 0.25) is 0 Å². The molecule has 2 aliphatic carbocycles. The lowest BCUT2D eigenvalue weighted by atomic mass is 9.78. The van der Waals surface area contributed by atoms with E-state index in [1.165, 1.54) is 0 Å². The Morgan fingerprint density at radius 3 is 2.20 bits per heavy atom. The highest BCUT2D eigenvalue weighted by Crippen LogP contribution is 2.72. The first kappa shape index (κ1) is 21.1. The van der Waals surface area contributed by atoms with Crippen LogP contribution in [0.15, 0.2) is 30.0 Å². The molecule has 1 heterocycles. The number of benzene rings is 1. The Kier molecular flexibility index (Phi) is 6.75. The second-order valence-corrected chi connectivity index (χ2v) is 6.24. The average Bonchev–Trinajstić information content (AvgIpc) is 3.18. The van der Waals surface area contributed by atoms with E-state index in [-0.39, 0.29) is 22.4 Å². The normalized spacial score (nSPS) is 26.4. The topological polar surface area (TPSA) is 46.2 Å². The van der Waals surface area contributed by atoms with E-state index in [0.29, 0.717) is 5.56 Å². The lowest BCUT2D eigenvalue weighted by molar-refractivity contribution is 0.101. The maximum absolute atomic E-state index is 12.2. The number of hydrogen-bond acceptors (Lipinski definition) is 3. The molecular formula is C22H33NO2. The maximum atomic E-state index is 12.2. The van der Waals surface area contributed by atoms with Crippen LogP contribution >= 0.6 is 0 Å². The molecule has 2 unspecified atom stereocenters. The van der Waals surface area contributed by atoms with E-state index < -0.39 is 0 Å². The Morgan fingerprint density at radius 2 is 1.68 bits per heavy atom. The zero-order valence-corrected chi connectivity index (χ0v) is 17.0. The highest BCUT2D eigenvalue weighted by atomic mass is 16.1. The lowest BCUT2D eigenvalue weighted by Crippen LogP contribution is -2.25. The molecular weight excluding hydrogens is 310 g/mol. The molecule has 1 saturated heterocycles. The van der Waals surface area contributed by atoms with E-state index in [1.807, 2.05) is 53.7 Å². The first-order valence-corrected chi connectivity index (χ1v) is 9.64. The minimum absolute atomic E-state index is 0.0400. The molecule has 1 saturated carbocycles. The summed E-state index contributed by atoms with van der Waals surface area (Å²) < 4.78 is 0. The summed E-state index contributed by atoms with van der Waals surface area (Å²) in [5.74, 6) is 0.102. The number of ketones is 2. The van der Waals surface area contributed by atoms with Gasteiger partial charge in [-0.15, -0.1) is 0 Å². The molecule has 3 aliphatic rings. The minimum Gasteiger partial charge on any atom is -0.387 e. The number of rotatable bonds is 1. The van der Waals surface area contributed by atoms with Crippen molar-refractivity contribution in [3.8, 4) is 0 Å². The van der Waals surface area contributed by atoms with Gasteiger partial charge in [-0.1, -0.05) is 60.6 Å². The summed E-state index contributed by atoms with van der Waals surface area (Å²) in [6.07, 6.45) is 2.81. The average molecular weight is 344 g/mol. The van der Waals surface area contributed by atoms with Crippen molar-refractivity contribution >= 4 is 11.6 Å². The fourth-order valence-corrected chi connectivity index (χ4v) is 3.90. The van der Waals surface area contributed by atoms with E-state index in [9.17, 15) is 9.59 Å². The van der Waals surface area contributed by atoms with Crippen LogP contribution in [0.5, 0.6) is 0 Å². The molecule has 2 fully saturated rings. The Morgan fingerprint density at radius 1 is 1.08 bits per heavy atom. The number of nitrogens with one attached hydrogen (secondary N) is 1. The number of carbonyl (C=O) groups excluding carboxylic acids is 2. The van der Waals surface area contributed by atoms with Crippen molar-refractivity contribution < 1.29 is 9.59 Å². The van der Waals surface area contributed by atoms with Crippen LogP contribution in [0.25, 0.3) is 0 Å². The molecule has 2 atom stereocenters. The first-order valence-electron chi connectivity index (χ1n) is 9.64. The maximum Gasteiger partial charge on any atom is 0.187 e. The summed E-state index contributed by atoms with van der Waals surface area (Å²) in [5.41, 5.74) is 3.72. The molecule has 3 nitrogen and oxygen atoms in total. The molecule has 4 rings (SSSR count). The number of allylic oxidation sites excluding steroid dienone is 2. The standard InChI is InChI=1S/C16H15NO2.3C2H6/c1-9(18)10-3-4-11-12(5-10)16-7-15(16,2)8-17-14(16)6-13(11)19;3*1-2/h3-6,17H,7-8H2,1-2H3;3*1-2H3. The van der Waals surface area contributed by atoms with Crippen molar-refractivity contribution in [2.24, 2.45) is 5.41 Å². The number of hydrogen-bond donors (Lipinski definition) is 1. The van der Waals surface area contributed by atoms with E-state index >= 15 is 0 Å². The van der Waals surface area contributed by atoms with Gasteiger partial charge >= 0.3 is 0 Å². The minimum atomic E-state index is -0.0400. The fourth-order valence-electron chi connectivity index (χ4n) is 3.90. The monoisotopic (exact) mass is 343 g/mol. The quantitative estimate of drug-likeness (QED) is 0.704. The number of piperidine rings is 1. The van der Waals surface area contributed by atoms with Gasteiger partial charge in [0.1, 0.15) is 0 Å². The van der Waals surface area contributed by atoms with Gasteiger partial charge in [-0.2, -0.15) is 0 Å². The predicted molar refractivity (Wildman–Crippen MR) is 105 cm³/mol. The molecule has 1 aromatic carbocycles. The van der Waals surface area contributed by atoms with Crippen molar-refractivity contribution in [1.29, 1.82) is 0 Å². The van der Waals surface area contributed by atoms with Gasteiger partial charge in [-0.3, -0.25) is 9.59 Å². The Balaban J connectivity index is 0.000000475. The van der Waals surface area contributed by atoms with Crippen LogP contribution in [0.3, 0.4) is 0 Å². The third kappa shape index (κ3) is 3.05. The zero-order chi connectivity index (χ0) is 19.4. The molecule has 1 aliphatic heterocycles. The van der Waals surface area contributed by atoms with Crippen LogP contribution in [-0.4, -0.2) is 18.1 Å². The van der Waals surface area contributed by atoms with E-state index in [0.717, 1.165) is 29.8 Å². The molecule has 0 bridgehead atoms. The highest BCUT2D eigenvalue weighted by Gasteiger charge is 2.72. The zero-order valence-electron chi connectivity index (χ0n) is 17.0. The van der Waals surface area contributed by atoms with E-state index in [1.54, 1.807) is 19.1 Å². The van der Waals surface area contributed by atoms with Gasteiger partial charge in [-0.25, -0.2) is 0 Å². The van der Waals surface area contributed by atoms with Gasteiger partial charge in [0.25, 0.3) is 0 Å². The summed E-state index contributed by atoms with van der Waals surface area (Å²) in [5, 5.41) is 3.36. The molecule has 1 aromatic rings. The Labute approximate surface area is 152 Å². The molecule has 0 aromatic heterocycles. The van der Waals surface area contributed by atoms with Crippen LogP contribution in [0.1, 0.15) is 88.1 Å². The van der Waals surface area contributed by atoms with E-state index in [4.69, 9.17) is 0 Å². The summed E-state index contributed by atoms with van der Waals surface area (Å²) in [6, 6.07) is 5.50. The molecule has 0 radical (unpaired) electrons. The van der Waals surface area contributed by atoms with Crippen LogP contribution in [0.2, 0.25) is 0 Å². The fraction of sp³-hybridized carbons (Fsp3) is 0.545. The summed E-state index contributed by atoms with van der Waals surface area (Å²) in [4.78, 5) is 23.8. The van der Waals surface area contributed by atoms with Gasteiger partial charge in [0, 0.05) is 40.3 Å². The van der Waals surface area contributed by atoms with Gasteiger partial charge < -0.3 is 5.32 Å². The van der Waals surface area contributed by atoms with Crippen LogP contribution in [0.4, 0.5) is 0 Å². The highest BCUT2D eigenvalue weighted by molar-refractivity contribution is 6.09. The predicted octanol–water partition coefficient (Wildman–Crippen LogP) is 5.30. The molecule has 25 heavy (non-hydrogen) atoms. The second-order valence-electron chi connectivity index (χ2n) is 6.24. The van der Waals surface area contributed by atoms with E-state index in [2.05, 4.69) is 12.2 Å². The first-order chi connectivity index (χ1) is 12.0. The van der Waals surface area contributed by atoms with Gasteiger partial charge in [0.15, 0.2) is 11.6 Å². The van der Waals surface area contributed by atoms with Crippen LogP contribution in [-0.2, 0) is 5.41 Å². The third-order valence-electron chi connectivity index (χ3n) is 5.12. The summed E-state index contributed by atoms with van der Waals surface area (Å²) in [7, 11) is 0. The lowest BCUT2D eigenvalue weighted by Gasteiger charge is -2.25. The Bertz CT molecular complexity index is 689. The Hall–Kier alpha value is -1.90. The summed E-state index contributed by atoms with van der Waals surface area (Å²) in [6.45, 7) is 16.7. The largest absolute Gasteiger partial charge is 0.387 e. The molecule has 1 spiro atoms. The van der Waals surface area contributed by atoms with Crippen molar-refractivity contribution in [2.75, 3.05) is 6.54 Å². The smallest absolute Gasteiger partial charge is 0.187 e. The van der Waals surface area contributed by atoms with Crippen molar-refractivity contribution in [3.05, 3.63) is 46.7 Å². The molecule has 0 amide bonds. The van der Waals surface area contributed by atoms with Crippen LogP contribution in [0, 0.1) is 5.41 Å². The number of carbonyl (C=O) groups is 2. The van der Waals surface area contributed by atoms with Crippen molar-refractivity contribution in [2.45, 2.75) is 67.2 Å². The second kappa shape index (κ2) is 7.99. The number of Topliss-reactive ketones (excluding diaryl/α,β-unsaturated/α-hetero) is 1.